The molecule has 178 valence electrons. The van der Waals surface area contributed by atoms with Crippen molar-refractivity contribution in [3.05, 3.63) is 10.6 Å². The van der Waals surface area contributed by atoms with Gasteiger partial charge in [0.15, 0.2) is 0 Å². The van der Waals surface area contributed by atoms with Gasteiger partial charge in [-0.25, -0.2) is 9.59 Å². The van der Waals surface area contributed by atoms with E-state index in [0.29, 0.717) is 10.7 Å². The standard InChI is InChI=1S/C20H30N4O6S2/c1-9-15-14(10(2)25)18(27)24(15)16(19(28)29)17(9)32-12-6-11(22-7-12)8-31-5-4-13(26)23(3)20(21)30/h9-12,14-15,22,25H,4-8H2,1-3H3,(H2,21,30)(H,28,29)/t9-,10-,11+,12+,14-,15-/m1/s1. The zero-order valence-corrected chi connectivity index (χ0v) is 19.9. The van der Waals surface area contributed by atoms with Crippen molar-refractivity contribution >= 4 is 47.3 Å². The maximum Gasteiger partial charge on any atom is 0.353 e. The van der Waals surface area contributed by atoms with Crippen LogP contribution < -0.4 is 11.1 Å². The van der Waals surface area contributed by atoms with Crippen LogP contribution in [0.3, 0.4) is 0 Å². The molecule has 3 rings (SSSR count). The number of carboxylic acids is 1. The minimum atomic E-state index is -1.11. The predicted octanol–water partition coefficient (Wildman–Crippen LogP) is 0.264. The maximum atomic E-state index is 12.4. The summed E-state index contributed by atoms with van der Waals surface area (Å²) < 4.78 is 0. The molecule has 32 heavy (non-hydrogen) atoms. The van der Waals surface area contributed by atoms with E-state index in [1.807, 2.05) is 6.92 Å². The highest BCUT2D eigenvalue weighted by molar-refractivity contribution is 8.03. The van der Waals surface area contributed by atoms with E-state index >= 15 is 0 Å². The van der Waals surface area contributed by atoms with Crippen LogP contribution in [0.25, 0.3) is 0 Å². The van der Waals surface area contributed by atoms with Crippen molar-refractivity contribution in [2.45, 2.75) is 50.1 Å². The second-order valence-corrected chi connectivity index (χ2v) is 11.0. The Labute approximate surface area is 195 Å². The average Bonchev–Trinajstić information content (AvgIpc) is 3.25. The Morgan fingerprint density at radius 1 is 1.38 bits per heavy atom. The predicted molar refractivity (Wildman–Crippen MR) is 122 cm³/mol. The van der Waals surface area contributed by atoms with Crippen molar-refractivity contribution in [3.8, 4) is 0 Å². The van der Waals surface area contributed by atoms with Gasteiger partial charge in [-0.2, -0.15) is 11.8 Å². The molecule has 0 aliphatic carbocycles. The zero-order valence-electron chi connectivity index (χ0n) is 18.3. The number of nitrogens with two attached hydrogens (primary N) is 1. The molecule has 3 heterocycles. The molecule has 0 aromatic rings. The van der Waals surface area contributed by atoms with Gasteiger partial charge in [-0.1, -0.05) is 6.92 Å². The lowest BCUT2D eigenvalue weighted by atomic mass is 9.79. The molecule has 3 aliphatic rings. The van der Waals surface area contributed by atoms with Crippen molar-refractivity contribution in [1.29, 1.82) is 0 Å². The first-order valence-electron chi connectivity index (χ1n) is 10.6. The third kappa shape index (κ3) is 4.78. The van der Waals surface area contributed by atoms with Gasteiger partial charge >= 0.3 is 12.0 Å². The summed E-state index contributed by atoms with van der Waals surface area (Å²) in [4.78, 5) is 50.1. The number of hydrogen-bond acceptors (Lipinski definition) is 8. The van der Waals surface area contributed by atoms with Crippen LogP contribution >= 0.6 is 23.5 Å². The van der Waals surface area contributed by atoms with Crippen LogP contribution in [0.15, 0.2) is 10.6 Å². The SMILES string of the molecule is C[C@@H](O)[C@H]1C(=O)N2C(C(=O)O)=C(S[C@@H]3CN[C@H](CSCCC(=O)N(C)C(N)=O)C3)[C@H](C)[C@H]12. The van der Waals surface area contributed by atoms with Crippen molar-refractivity contribution in [1.82, 2.24) is 15.1 Å². The van der Waals surface area contributed by atoms with E-state index in [1.165, 1.54) is 23.7 Å². The number of carbonyl (C=O) groups is 4. The van der Waals surface area contributed by atoms with E-state index in [2.05, 4.69) is 5.32 Å². The van der Waals surface area contributed by atoms with Crippen LogP contribution in [-0.4, -0.2) is 92.4 Å². The summed E-state index contributed by atoms with van der Waals surface area (Å²) in [7, 11) is 1.36. The first-order valence-corrected chi connectivity index (χ1v) is 12.6. The highest BCUT2D eigenvalue weighted by Gasteiger charge is 2.60. The summed E-state index contributed by atoms with van der Waals surface area (Å²) in [6.45, 7) is 4.22. The molecule has 6 atom stereocenters. The second-order valence-electron chi connectivity index (χ2n) is 8.47. The van der Waals surface area contributed by atoms with Gasteiger partial charge in [0.25, 0.3) is 0 Å². The number of thioether (sulfide) groups is 2. The fourth-order valence-electron chi connectivity index (χ4n) is 4.53. The van der Waals surface area contributed by atoms with Gasteiger partial charge < -0.3 is 26.2 Å². The van der Waals surface area contributed by atoms with Crippen molar-refractivity contribution in [2.24, 2.45) is 17.6 Å². The molecule has 2 fully saturated rings. The molecule has 10 nitrogen and oxygen atoms in total. The van der Waals surface area contributed by atoms with E-state index < -0.39 is 24.0 Å². The molecule has 0 spiro atoms. The number of β-lactam (4-membered cyclic amide) rings is 1. The number of urea groups is 1. The smallest absolute Gasteiger partial charge is 0.353 e. The number of aliphatic hydroxyl groups excluding tert-OH is 1. The van der Waals surface area contributed by atoms with Crippen LogP contribution in [0.2, 0.25) is 0 Å². The van der Waals surface area contributed by atoms with Crippen LogP contribution in [0.4, 0.5) is 4.79 Å². The third-order valence-corrected chi connectivity index (χ3v) is 8.91. The number of nitrogens with zero attached hydrogens (tertiary/aromatic N) is 2. The zero-order chi connectivity index (χ0) is 23.7. The highest BCUT2D eigenvalue weighted by Crippen LogP contribution is 2.51. The van der Waals surface area contributed by atoms with E-state index in [-0.39, 0.29) is 47.2 Å². The first kappa shape index (κ1) is 24.9. The largest absolute Gasteiger partial charge is 0.477 e. The summed E-state index contributed by atoms with van der Waals surface area (Å²) >= 11 is 3.13. The van der Waals surface area contributed by atoms with Crippen LogP contribution in [0.5, 0.6) is 0 Å². The van der Waals surface area contributed by atoms with E-state index in [4.69, 9.17) is 5.73 Å². The topological polar surface area (TPSA) is 153 Å². The molecule has 5 N–H and O–H groups in total. The first-order chi connectivity index (χ1) is 15.0. The van der Waals surface area contributed by atoms with Gasteiger partial charge in [0.1, 0.15) is 5.70 Å². The summed E-state index contributed by atoms with van der Waals surface area (Å²) in [5.74, 6) is -1.05. The van der Waals surface area contributed by atoms with Gasteiger partial charge in [0.05, 0.1) is 18.1 Å². The molecule has 0 saturated carbocycles. The molecule has 3 aliphatic heterocycles. The highest BCUT2D eigenvalue weighted by atomic mass is 32.2. The van der Waals surface area contributed by atoms with Crippen LogP contribution in [0, 0.1) is 11.8 Å². The molecule has 12 heteroatoms. The van der Waals surface area contributed by atoms with Crippen molar-refractivity contribution in [3.63, 3.8) is 0 Å². The molecule has 0 unspecified atom stereocenters. The second kappa shape index (κ2) is 10.0. The number of primary amides is 1. The number of carbonyl (C=O) groups excluding carboxylic acids is 3. The Hall–Kier alpha value is -1.76. The monoisotopic (exact) mass is 486 g/mol. The Kier molecular flexibility index (Phi) is 7.79. The van der Waals surface area contributed by atoms with Crippen molar-refractivity contribution in [2.75, 3.05) is 25.1 Å². The summed E-state index contributed by atoms with van der Waals surface area (Å²) in [5.41, 5.74) is 5.14. The number of carboxylic acid groups (broad SMARTS) is 1. The summed E-state index contributed by atoms with van der Waals surface area (Å²) in [6, 6.07) is -0.830. The van der Waals surface area contributed by atoms with Crippen LogP contribution in [-0.2, 0) is 14.4 Å². The van der Waals surface area contributed by atoms with Gasteiger partial charge in [-0.15, -0.1) is 11.8 Å². The number of hydrogen-bond donors (Lipinski definition) is 4. The number of aliphatic carboxylic acids is 1. The van der Waals surface area contributed by atoms with Gasteiger partial charge in [-0.05, 0) is 13.3 Å². The Balaban J connectivity index is 1.52. The lowest BCUT2D eigenvalue weighted by Crippen LogP contribution is -2.63. The number of fused-ring (bicyclic) bond motifs is 1. The fraction of sp³-hybridized carbons (Fsp3) is 0.700. The van der Waals surface area contributed by atoms with E-state index in [1.54, 1.807) is 18.7 Å². The van der Waals surface area contributed by atoms with Crippen molar-refractivity contribution < 1.29 is 29.4 Å². The number of nitrogens with one attached hydrogen (secondary N) is 1. The minimum absolute atomic E-state index is 0.0595. The lowest BCUT2D eigenvalue weighted by molar-refractivity contribution is -0.163. The molecule has 0 aromatic heterocycles. The quantitative estimate of drug-likeness (QED) is 0.265. The van der Waals surface area contributed by atoms with Crippen LogP contribution in [0.1, 0.15) is 26.7 Å². The normalized spacial score (nSPS) is 30.2. The van der Waals surface area contributed by atoms with Gasteiger partial charge in [-0.3, -0.25) is 14.5 Å². The molecular formula is C20H30N4O6S2. The van der Waals surface area contributed by atoms with E-state index in [9.17, 15) is 29.4 Å². The minimum Gasteiger partial charge on any atom is -0.477 e. The summed E-state index contributed by atoms with van der Waals surface area (Å²) in [6.07, 6.45) is 0.264. The number of rotatable bonds is 9. The van der Waals surface area contributed by atoms with Gasteiger partial charge in [0.2, 0.25) is 11.8 Å². The number of aliphatic hydroxyl groups is 1. The lowest BCUT2D eigenvalue weighted by Gasteiger charge is -2.46. The Morgan fingerprint density at radius 2 is 2.06 bits per heavy atom. The molecule has 4 amide bonds. The molecule has 0 bridgehead atoms. The molecule has 0 aromatic carbocycles. The third-order valence-electron chi connectivity index (χ3n) is 6.27. The fourth-order valence-corrected chi connectivity index (χ4v) is 7.08. The number of imide groups is 1. The number of amides is 4. The average molecular weight is 487 g/mol. The van der Waals surface area contributed by atoms with Gasteiger partial charge in [0, 0.05) is 53.6 Å². The molecular weight excluding hydrogens is 456 g/mol. The Bertz CT molecular complexity index is 835. The summed E-state index contributed by atoms with van der Waals surface area (Å²) in [5, 5.41) is 23.3. The Morgan fingerprint density at radius 3 is 2.66 bits per heavy atom. The maximum absolute atomic E-state index is 12.4. The molecule has 0 radical (unpaired) electrons. The van der Waals surface area contributed by atoms with E-state index in [0.717, 1.165) is 23.6 Å². The molecule has 2 saturated heterocycles.